The Bertz CT molecular complexity index is 662. The normalized spacial score (nSPS) is 10.3. The molecule has 3 nitrogen and oxygen atoms in total. The van der Waals surface area contributed by atoms with Gasteiger partial charge in [-0.15, -0.1) is 0 Å². The Morgan fingerprint density at radius 1 is 1.20 bits per heavy atom. The predicted octanol–water partition coefficient (Wildman–Crippen LogP) is 3.67. The van der Waals surface area contributed by atoms with Crippen molar-refractivity contribution in [2.45, 2.75) is 6.61 Å². The summed E-state index contributed by atoms with van der Waals surface area (Å²) < 4.78 is 32.0. The summed E-state index contributed by atoms with van der Waals surface area (Å²) in [5.74, 6) is -1.76. The van der Waals surface area contributed by atoms with Crippen LogP contribution in [0.1, 0.15) is 15.9 Å². The number of hydrogen-bond donors (Lipinski definition) is 1. The van der Waals surface area contributed by atoms with Crippen LogP contribution in [-0.4, -0.2) is 5.97 Å². The molecular formula is C14H10BrF2NO2. The van der Waals surface area contributed by atoms with Gasteiger partial charge >= 0.3 is 5.97 Å². The Hall–Kier alpha value is -1.95. The molecule has 0 aliphatic carbocycles. The van der Waals surface area contributed by atoms with Crippen molar-refractivity contribution in [1.29, 1.82) is 0 Å². The van der Waals surface area contributed by atoms with Crippen LogP contribution < -0.4 is 5.73 Å². The van der Waals surface area contributed by atoms with Crippen molar-refractivity contribution in [3.63, 3.8) is 0 Å². The number of halogens is 3. The minimum absolute atomic E-state index is 0.0220. The van der Waals surface area contributed by atoms with Crippen LogP contribution in [0.2, 0.25) is 0 Å². The number of nitrogen functional groups attached to an aromatic ring is 1. The molecule has 0 bridgehead atoms. The first-order chi connectivity index (χ1) is 9.47. The Morgan fingerprint density at radius 3 is 2.60 bits per heavy atom. The SMILES string of the molecule is Nc1cc(F)ccc1C(=O)OCc1ccc(Br)cc1F. The van der Waals surface area contributed by atoms with E-state index in [1.165, 1.54) is 18.2 Å². The molecule has 0 saturated carbocycles. The number of anilines is 1. The van der Waals surface area contributed by atoms with Crippen LogP contribution >= 0.6 is 15.9 Å². The van der Waals surface area contributed by atoms with Crippen LogP contribution in [0.25, 0.3) is 0 Å². The molecule has 2 aromatic rings. The molecule has 0 fully saturated rings. The van der Waals surface area contributed by atoms with E-state index < -0.39 is 17.6 Å². The van der Waals surface area contributed by atoms with Gasteiger partial charge in [-0.05, 0) is 30.3 Å². The number of benzene rings is 2. The van der Waals surface area contributed by atoms with Crippen molar-refractivity contribution in [2.24, 2.45) is 0 Å². The smallest absolute Gasteiger partial charge is 0.340 e. The van der Waals surface area contributed by atoms with Gasteiger partial charge in [-0.1, -0.05) is 22.0 Å². The van der Waals surface area contributed by atoms with Gasteiger partial charge < -0.3 is 10.5 Å². The lowest BCUT2D eigenvalue weighted by atomic mass is 10.2. The van der Waals surface area contributed by atoms with Gasteiger partial charge in [0.2, 0.25) is 0 Å². The fourth-order valence-electron chi connectivity index (χ4n) is 1.58. The number of nitrogens with two attached hydrogens (primary N) is 1. The molecule has 2 aromatic carbocycles. The third kappa shape index (κ3) is 3.33. The van der Waals surface area contributed by atoms with Crippen LogP contribution in [0.15, 0.2) is 40.9 Å². The summed E-state index contributed by atoms with van der Waals surface area (Å²) in [5.41, 5.74) is 5.78. The zero-order chi connectivity index (χ0) is 14.7. The zero-order valence-electron chi connectivity index (χ0n) is 10.2. The number of hydrogen-bond acceptors (Lipinski definition) is 3. The third-order valence-electron chi connectivity index (χ3n) is 2.61. The highest BCUT2D eigenvalue weighted by Crippen LogP contribution is 2.18. The Morgan fingerprint density at radius 2 is 1.95 bits per heavy atom. The van der Waals surface area contributed by atoms with E-state index in [2.05, 4.69) is 15.9 Å². The minimum Gasteiger partial charge on any atom is -0.457 e. The van der Waals surface area contributed by atoms with Gasteiger partial charge in [0.1, 0.15) is 18.2 Å². The highest BCUT2D eigenvalue weighted by Gasteiger charge is 2.13. The minimum atomic E-state index is -0.732. The predicted molar refractivity (Wildman–Crippen MR) is 74.0 cm³/mol. The van der Waals surface area contributed by atoms with Crippen molar-refractivity contribution in [3.05, 3.63) is 63.6 Å². The fraction of sp³-hybridized carbons (Fsp3) is 0.0714. The molecule has 0 radical (unpaired) electrons. The van der Waals surface area contributed by atoms with Gasteiger partial charge in [0, 0.05) is 15.7 Å². The van der Waals surface area contributed by atoms with Crippen LogP contribution in [0, 0.1) is 11.6 Å². The first-order valence-electron chi connectivity index (χ1n) is 5.63. The van der Waals surface area contributed by atoms with Gasteiger partial charge in [-0.25, -0.2) is 13.6 Å². The molecule has 6 heteroatoms. The van der Waals surface area contributed by atoms with Crippen molar-refractivity contribution in [1.82, 2.24) is 0 Å². The van der Waals surface area contributed by atoms with E-state index in [1.54, 1.807) is 6.07 Å². The Labute approximate surface area is 122 Å². The molecule has 0 saturated heterocycles. The molecule has 0 heterocycles. The Kier molecular flexibility index (Phi) is 4.34. The summed E-state index contributed by atoms with van der Waals surface area (Å²) in [7, 11) is 0. The van der Waals surface area contributed by atoms with Crippen LogP contribution in [0.4, 0.5) is 14.5 Å². The first-order valence-corrected chi connectivity index (χ1v) is 6.43. The summed E-state index contributed by atoms with van der Waals surface area (Å²) in [5, 5.41) is 0. The summed E-state index contributed by atoms with van der Waals surface area (Å²) in [6, 6.07) is 7.77. The van der Waals surface area contributed by atoms with Crippen LogP contribution in [0.5, 0.6) is 0 Å². The fourth-order valence-corrected chi connectivity index (χ4v) is 1.91. The van der Waals surface area contributed by atoms with E-state index >= 15 is 0 Å². The highest BCUT2D eigenvalue weighted by atomic mass is 79.9. The van der Waals surface area contributed by atoms with Crippen molar-refractivity contribution >= 4 is 27.6 Å². The molecule has 0 aliphatic heterocycles. The van der Waals surface area contributed by atoms with E-state index in [4.69, 9.17) is 10.5 Å². The molecule has 0 amide bonds. The second-order valence-corrected chi connectivity index (χ2v) is 4.96. The number of esters is 1. The van der Waals surface area contributed by atoms with Crippen LogP contribution in [-0.2, 0) is 11.3 Å². The molecule has 104 valence electrons. The molecule has 0 unspecified atom stereocenters. The van der Waals surface area contributed by atoms with Crippen molar-refractivity contribution < 1.29 is 18.3 Å². The third-order valence-corrected chi connectivity index (χ3v) is 3.10. The average Bonchev–Trinajstić information content (AvgIpc) is 2.37. The van der Waals surface area contributed by atoms with Gasteiger partial charge in [0.15, 0.2) is 0 Å². The number of carbonyl (C=O) groups is 1. The maximum absolute atomic E-state index is 13.5. The molecular weight excluding hydrogens is 332 g/mol. The summed E-state index contributed by atoms with van der Waals surface area (Å²) >= 11 is 3.13. The quantitative estimate of drug-likeness (QED) is 0.684. The van der Waals surface area contributed by atoms with Crippen molar-refractivity contribution in [2.75, 3.05) is 5.73 Å². The molecule has 2 N–H and O–H groups in total. The van der Waals surface area contributed by atoms with E-state index in [0.717, 1.165) is 12.1 Å². The maximum atomic E-state index is 13.5. The summed E-state index contributed by atoms with van der Waals surface area (Å²) in [6.07, 6.45) is 0. The van der Waals surface area contributed by atoms with Gasteiger partial charge in [-0.3, -0.25) is 0 Å². The molecule has 0 aliphatic rings. The molecule has 20 heavy (non-hydrogen) atoms. The standard InChI is InChI=1S/C14H10BrF2NO2/c15-9-2-1-8(12(17)5-9)7-20-14(19)11-4-3-10(16)6-13(11)18/h1-6H,7,18H2. The maximum Gasteiger partial charge on any atom is 0.340 e. The molecule has 0 atom stereocenters. The Balaban J connectivity index is 2.08. The second-order valence-electron chi connectivity index (χ2n) is 4.04. The van der Waals surface area contributed by atoms with Gasteiger partial charge in [-0.2, -0.15) is 0 Å². The molecule has 0 aromatic heterocycles. The van der Waals surface area contributed by atoms with Crippen molar-refractivity contribution in [3.8, 4) is 0 Å². The summed E-state index contributed by atoms with van der Waals surface area (Å²) in [6.45, 7) is -0.227. The van der Waals surface area contributed by atoms with E-state index in [-0.39, 0.29) is 23.4 Å². The second kappa shape index (κ2) is 6.00. The van der Waals surface area contributed by atoms with Gasteiger partial charge in [0.05, 0.1) is 5.56 Å². The molecule has 2 rings (SSSR count). The average molecular weight is 342 g/mol. The molecule has 0 spiro atoms. The number of rotatable bonds is 3. The lowest BCUT2D eigenvalue weighted by molar-refractivity contribution is 0.0470. The summed E-state index contributed by atoms with van der Waals surface area (Å²) in [4.78, 5) is 11.8. The highest BCUT2D eigenvalue weighted by molar-refractivity contribution is 9.10. The zero-order valence-corrected chi connectivity index (χ0v) is 11.8. The van der Waals surface area contributed by atoms with Crippen LogP contribution in [0.3, 0.4) is 0 Å². The van der Waals surface area contributed by atoms with E-state index in [9.17, 15) is 13.6 Å². The van der Waals surface area contributed by atoms with Gasteiger partial charge in [0.25, 0.3) is 0 Å². The number of carbonyl (C=O) groups excluding carboxylic acids is 1. The topological polar surface area (TPSA) is 52.3 Å². The first kappa shape index (κ1) is 14.5. The van der Waals surface area contributed by atoms with E-state index in [1.807, 2.05) is 0 Å². The lowest BCUT2D eigenvalue weighted by Crippen LogP contribution is -2.09. The lowest BCUT2D eigenvalue weighted by Gasteiger charge is -2.08. The monoisotopic (exact) mass is 341 g/mol. The largest absolute Gasteiger partial charge is 0.457 e. The van der Waals surface area contributed by atoms with E-state index in [0.29, 0.717) is 4.47 Å². The number of ether oxygens (including phenoxy) is 1.